The Bertz CT molecular complexity index is 490. The zero-order valence-corrected chi connectivity index (χ0v) is 10.8. The van der Waals surface area contributed by atoms with Crippen molar-refractivity contribution in [2.24, 2.45) is 5.16 Å². The molecule has 0 radical (unpaired) electrons. The van der Waals surface area contributed by atoms with E-state index in [0.29, 0.717) is 18.1 Å². The molecule has 0 saturated heterocycles. The van der Waals surface area contributed by atoms with E-state index in [1.165, 1.54) is 12.5 Å². The maximum atomic E-state index is 11.0. The van der Waals surface area contributed by atoms with E-state index in [9.17, 15) is 4.79 Å². The summed E-state index contributed by atoms with van der Waals surface area (Å²) >= 11 is 0. The van der Waals surface area contributed by atoms with Gasteiger partial charge in [0.2, 0.25) is 5.60 Å². The second kappa shape index (κ2) is 4.44. The third-order valence-corrected chi connectivity index (χ3v) is 3.23. The van der Waals surface area contributed by atoms with Gasteiger partial charge in [0.25, 0.3) is 0 Å². The third kappa shape index (κ3) is 2.23. The Hall–Kier alpha value is -1.84. The highest BCUT2D eigenvalue weighted by atomic mass is 16.7. The van der Waals surface area contributed by atoms with Crippen molar-refractivity contribution in [3.8, 4) is 0 Å². The molecule has 18 heavy (non-hydrogen) atoms. The molecule has 2 rings (SSSR count). The van der Waals surface area contributed by atoms with Crippen LogP contribution in [-0.2, 0) is 9.63 Å². The Labute approximate surface area is 106 Å². The lowest BCUT2D eigenvalue weighted by molar-refractivity contribution is -0.160. The van der Waals surface area contributed by atoms with Crippen LogP contribution in [0.1, 0.15) is 44.2 Å². The largest absolute Gasteiger partial charge is 0.478 e. The minimum Gasteiger partial charge on any atom is -0.478 e. The predicted octanol–water partition coefficient (Wildman–Crippen LogP) is 2.78. The Morgan fingerprint density at radius 2 is 2.00 bits per heavy atom. The van der Waals surface area contributed by atoms with E-state index in [1.807, 2.05) is 24.3 Å². The summed E-state index contributed by atoms with van der Waals surface area (Å²) < 4.78 is 0. The van der Waals surface area contributed by atoms with Crippen LogP contribution in [0, 0.1) is 0 Å². The maximum absolute atomic E-state index is 11.0. The summed E-state index contributed by atoms with van der Waals surface area (Å²) in [6, 6.07) is 8.01. The zero-order valence-electron chi connectivity index (χ0n) is 10.8. The molecule has 1 N–H and O–H groups in total. The van der Waals surface area contributed by atoms with Crippen LogP contribution in [0.5, 0.6) is 0 Å². The number of carbonyl (C=O) groups is 1. The first-order valence-electron chi connectivity index (χ1n) is 6.01. The SMILES string of the molecule is CC(C)c1ccc(C2=NOC(C)(C(=O)O)C2)cc1. The van der Waals surface area contributed by atoms with Crippen LogP contribution in [0.2, 0.25) is 0 Å². The van der Waals surface area contributed by atoms with E-state index in [1.54, 1.807) is 0 Å². The number of carboxylic acids is 1. The molecule has 0 aromatic heterocycles. The van der Waals surface area contributed by atoms with Crippen LogP contribution in [0.15, 0.2) is 29.4 Å². The highest BCUT2D eigenvalue weighted by Crippen LogP contribution is 2.27. The lowest BCUT2D eigenvalue weighted by Crippen LogP contribution is -2.35. The molecule has 96 valence electrons. The van der Waals surface area contributed by atoms with Crippen molar-refractivity contribution >= 4 is 11.7 Å². The minimum absolute atomic E-state index is 0.295. The van der Waals surface area contributed by atoms with Gasteiger partial charge in [-0.15, -0.1) is 0 Å². The number of nitrogens with zero attached hydrogens (tertiary/aromatic N) is 1. The van der Waals surface area contributed by atoms with Crippen molar-refractivity contribution < 1.29 is 14.7 Å². The Morgan fingerprint density at radius 3 is 2.44 bits per heavy atom. The highest BCUT2D eigenvalue weighted by molar-refractivity contribution is 6.04. The molecule has 1 aromatic rings. The molecule has 0 spiro atoms. The average molecular weight is 247 g/mol. The van der Waals surface area contributed by atoms with E-state index in [2.05, 4.69) is 19.0 Å². The van der Waals surface area contributed by atoms with Gasteiger partial charge < -0.3 is 9.94 Å². The number of carboxylic acid groups (broad SMARTS) is 1. The number of benzene rings is 1. The van der Waals surface area contributed by atoms with Crippen LogP contribution in [0.4, 0.5) is 0 Å². The molecule has 4 heteroatoms. The Balaban J connectivity index is 2.17. The first-order chi connectivity index (χ1) is 8.42. The van der Waals surface area contributed by atoms with Crippen molar-refractivity contribution in [3.63, 3.8) is 0 Å². The normalized spacial score (nSPS) is 22.8. The van der Waals surface area contributed by atoms with Gasteiger partial charge >= 0.3 is 5.97 Å². The van der Waals surface area contributed by atoms with E-state index < -0.39 is 11.6 Å². The molecule has 1 aliphatic rings. The molecule has 1 heterocycles. The number of oxime groups is 1. The molecule has 1 aliphatic heterocycles. The van der Waals surface area contributed by atoms with Crippen molar-refractivity contribution in [3.05, 3.63) is 35.4 Å². The Kier molecular flexibility index (Phi) is 3.11. The first-order valence-corrected chi connectivity index (χ1v) is 6.01. The molecule has 0 saturated carbocycles. The zero-order chi connectivity index (χ0) is 13.3. The molecule has 1 atom stereocenters. The molecular formula is C14H17NO3. The van der Waals surface area contributed by atoms with E-state index in [4.69, 9.17) is 9.94 Å². The minimum atomic E-state index is -1.23. The second-order valence-corrected chi connectivity index (χ2v) is 5.12. The molecule has 0 amide bonds. The van der Waals surface area contributed by atoms with Crippen LogP contribution in [0.3, 0.4) is 0 Å². The average Bonchev–Trinajstić information content (AvgIpc) is 2.73. The number of hydrogen-bond donors (Lipinski definition) is 1. The van der Waals surface area contributed by atoms with Gasteiger partial charge in [-0.3, -0.25) is 0 Å². The van der Waals surface area contributed by atoms with E-state index in [0.717, 1.165) is 5.56 Å². The summed E-state index contributed by atoms with van der Waals surface area (Å²) in [5.41, 5.74) is 1.63. The fourth-order valence-electron chi connectivity index (χ4n) is 1.87. The molecule has 0 bridgehead atoms. The summed E-state index contributed by atoms with van der Waals surface area (Å²) in [4.78, 5) is 16.1. The number of hydrogen-bond acceptors (Lipinski definition) is 3. The monoisotopic (exact) mass is 247 g/mol. The molecule has 0 fully saturated rings. The summed E-state index contributed by atoms with van der Waals surface area (Å²) in [5.74, 6) is -0.509. The van der Waals surface area contributed by atoms with Crippen molar-refractivity contribution in [2.45, 2.75) is 38.7 Å². The first kappa shape index (κ1) is 12.6. The van der Waals surface area contributed by atoms with E-state index >= 15 is 0 Å². The molecule has 0 aliphatic carbocycles. The van der Waals surface area contributed by atoms with Gasteiger partial charge in [0, 0.05) is 6.42 Å². The fourth-order valence-corrected chi connectivity index (χ4v) is 1.87. The van der Waals surface area contributed by atoms with Crippen molar-refractivity contribution in [2.75, 3.05) is 0 Å². The summed E-state index contributed by atoms with van der Waals surface area (Å²) in [7, 11) is 0. The van der Waals surface area contributed by atoms with Crippen molar-refractivity contribution in [1.82, 2.24) is 0 Å². The fraction of sp³-hybridized carbons (Fsp3) is 0.429. The van der Waals surface area contributed by atoms with Crippen LogP contribution in [-0.4, -0.2) is 22.4 Å². The summed E-state index contributed by atoms with van der Waals surface area (Å²) in [6.45, 7) is 5.80. The van der Waals surface area contributed by atoms with Crippen LogP contribution < -0.4 is 0 Å². The van der Waals surface area contributed by atoms with Gasteiger partial charge in [-0.2, -0.15) is 0 Å². The summed E-state index contributed by atoms with van der Waals surface area (Å²) in [6.07, 6.45) is 0.295. The van der Waals surface area contributed by atoms with Gasteiger partial charge in [-0.05, 0) is 24.0 Å². The Morgan fingerprint density at radius 1 is 1.39 bits per heavy atom. The smallest absolute Gasteiger partial charge is 0.351 e. The van der Waals surface area contributed by atoms with Crippen molar-refractivity contribution in [1.29, 1.82) is 0 Å². The number of aliphatic carboxylic acids is 1. The van der Waals surface area contributed by atoms with Gasteiger partial charge in [-0.1, -0.05) is 43.3 Å². The summed E-state index contributed by atoms with van der Waals surface area (Å²) in [5, 5.41) is 12.9. The second-order valence-electron chi connectivity index (χ2n) is 5.12. The van der Waals surface area contributed by atoms with Gasteiger partial charge in [-0.25, -0.2) is 4.79 Å². The van der Waals surface area contributed by atoms with E-state index in [-0.39, 0.29) is 0 Å². The molecule has 4 nitrogen and oxygen atoms in total. The molecule has 1 aromatic carbocycles. The number of rotatable bonds is 3. The van der Waals surface area contributed by atoms with Gasteiger partial charge in [0.15, 0.2) is 0 Å². The van der Waals surface area contributed by atoms with Crippen LogP contribution in [0.25, 0.3) is 0 Å². The maximum Gasteiger partial charge on any atom is 0.351 e. The van der Waals surface area contributed by atoms with Gasteiger partial charge in [0.05, 0.1) is 5.71 Å². The lowest BCUT2D eigenvalue weighted by atomic mass is 9.94. The highest BCUT2D eigenvalue weighted by Gasteiger charge is 2.42. The lowest BCUT2D eigenvalue weighted by Gasteiger charge is -2.14. The third-order valence-electron chi connectivity index (χ3n) is 3.23. The quantitative estimate of drug-likeness (QED) is 0.893. The molecular weight excluding hydrogens is 230 g/mol. The topological polar surface area (TPSA) is 58.9 Å². The van der Waals surface area contributed by atoms with Crippen LogP contribution >= 0.6 is 0 Å². The predicted molar refractivity (Wildman–Crippen MR) is 68.8 cm³/mol. The standard InChI is InChI=1S/C14H17NO3/c1-9(2)10-4-6-11(7-5-10)12-8-14(3,13(16)17)18-15-12/h4-7,9H,8H2,1-3H3,(H,16,17). The molecule has 1 unspecified atom stereocenters. The van der Waals surface area contributed by atoms with Gasteiger partial charge in [0.1, 0.15) is 0 Å².